The number of hydrogen-bond donors (Lipinski definition) is 0. The van der Waals surface area contributed by atoms with Crippen LogP contribution in [0.15, 0.2) is 18.3 Å². The summed E-state index contributed by atoms with van der Waals surface area (Å²) in [6.07, 6.45) is 1.73. The summed E-state index contributed by atoms with van der Waals surface area (Å²) in [5.74, 6) is -1.43. The van der Waals surface area contributed by atoms with Crippen LogP contribution in [-0.2, 0) is 10.0 Å². The summed E-state index contributed by atoms with van der Waals surface area (Å²) in [5.41, 5.74) is -0.0336. The molecule has 0 amide bonds. The van der Waals surface area contributed by atoms with Gasteiger partial charge in [-0.1, -0.05) is 6.92 Å². The van der Waals surface area contributed by atoms with Gasteiger partial charge in [-0.25, -0.2) is 8.42 Å². The zero-order valence-electron chi connectivity index (χ0n) is 9.58. The fourth-order valence-corrected chi connectivity index (χ4v) is 2.51. The summed E-state index contributed by atoms with van der Waals surface area (Å²) >= 11 is 0. The molecule has 1 aromatic heterocycles. The Kier molecular flexibility index (Phi) is 4.06. The molecule has 0 aromatic carbocycles. The highest BCUT2D eigenvalue weighted by Gasteiger charge is 2.17. The van der Waals surface area contributed by atoms with Crippen LogP contribution in [0.3, 0.4) is 0 Å². The van der Waals surface area contributed by atoms with Gasteiger partial charge in [-0.15, -0.1) is 0 Å². The number of aromatic carboxylic acids is 1. The van der Waals surface area contributed by atoms with E-state index in [9.17, 15) is 18.3 Å². The second-order valence-electron chi connectivity index (χ2n) is 3.47. The number of sulfonamides is 1. The average molecular weight is 257 g/mol. The maximum atomic E-state index is 11.8. The highest BCUT2D eigenvalue weighted by Crippen LogP contribution is 2.16. The molecule has 0 aliphatic carbocycles. The van der Waals surface area contributed by atoms with Crippen molar-refractivity contribution in [1.29, 1.82) is 0 Å². The van der Waals surface area contributed by atoms with E-state index in [2.05, 4.69) is 4.98 Å². The second kappa shape index (κ2) is 5.13. The number of aromatic nitrogens is 1. The average Bonchev–Trinajstić information content (AvgIpc) is 2.28. The third-order valence-electron chi connectivity index (χ3n) is 2.20. The van der Waals surface area contributed by atoms with Gasteiger partial charge in [0, 0.05) is 13.2 Å². The van der Waals surface area contributed by atoms with E-state index < -0.39 is 16.0 Å². The lowest BCUT2D eigenvalue weighted by Crippen LogP contribution is -2.30. The van der Waals surface area contributed by atoms with Crippen LogP contribution < -0.4 is 9.41 Å². The molecular weight excluding hydrogens is 244 g/mol. The molecule has 0 saturated heterocycles. The minimum atomic E-state index is -3.41. The van der Waals surface area contributed by atoms with E-state index in [4.69, 9.17) is 0 Å². The molecule has 0 N–H and O–H groups in total. The molecule has 0 saturated carbocycles. The molecule has 0 radical (unpaired) electrons. The van der Waals surface area contributed by atoms with Crippen molar-refractivity contribution in [2.45, 2.75) is 13.3 Å². The maximum Gasteiger partial charge on any atom is 0.234 e. The summed E-state index contributed by atoms with van der Waals surface area (Å²) < 4.78 is 24.6. The van der Waals surface area contributed by atoms with E-state index in [-0.39, 0.29) is 17.1 Å². The number of anilines is 1. The highest BCUT2D eigenvalue weighted by molar-refractivity contribution is 7.92. The van der Waals surface area contributed by atoms with Crippen molar-refractivity contribution in [3.8, 4) is 0 Å². The lowest BCUT2D eigenvalue weighted by atomic mass is 10.3. The number of carbonyl (C=O) groups is 1. The molecule has 94 valence electrons. The molecule has 0 unspecified atom stereocenters. The van der Waals surface area contributed by atoms with Crippen LogP contribution in [0, 0.1) is 0 Å². The first-order valence-electron chi connectivity index (χ1n) is 5.02. The molecule has 0 bridgehead atoms. The number of carboxylic acid groups (broad SMARTS) is 1. The molecule has 1 heterocycles. The van der Waals surface area contributed by atoms with E-state index in [1.54, 1.807) is 6.92 Å². The Balaban J connectivity index is 3.08. The van der Waals surface area contributed by atoms with Gasteiger partial charge in [-0.2, -0.15) is 0 Å². The van der Waals surface area contributed by atoms with Crippen molar-refractivity contribution in [3.63, 3.8) is 0 Å². The van der Waals surface area contributed by atoms with E-state index in [0.717, 1.165) is 4.31 Å². The first kappa shape index (κ1) is 13.4. The van der Waals surface area contributed by atoms with Gasteiger partial charge in [0.25, 0.3) is 0 Å². The van der Waals surface area contributed by atoms with Gasteiger partial charge in [-0.05, 0) is 18.6 Å². The molecule has 17 heavy (non-hydrogen) atoms. The number of nitrogens with zero attached hydrogens (tertiary/aromatic N) is 2. The second-order valence-corrected chi connectivity index (χ2v) is 5.59. The van der Waals surface area contributed by atoms with Crippen LogP contribution in [0.1, 0.15) is 23.8 Å². The third kappa shape index (κ3) is 3.16. The van der Waals surface area contributed by atoms with Crippen molar-refractivity contribution in [2.75, 3.05) is 17.1 Å². The predicted octanol–water partition coefficient (Wildman–Crippen LogP) is -0.379. The Morgan fingerprint density at radius 1 is 1.53 bits per heavy atom. The molecule has 1 aromatic rings. The smallest absolute Gasteiger partial charge is 0.234 e. The number of carbonyl (C=O) groups excluding carboxylic acids is 1. The molecular formula is C10H13N2O4S-. The zero-order valence-corrected chi connectivity index (χ0v) is 10.4. The van der Waals surface area contributed by atoms with Gasteiger partial charge in [0.15, 0.2) is 0 Å². The fraction of sp³-hybridized carbons (Fsp3) is 0.400. The SMILES string of the molecule is CCCS(=O)(=O)N(C)c1ccnc(C(=O)[O-])c1. The Labute approximate surface area is 100.0 Å². The molecule has 0 atom stereocenters. The molecule has 7 heteroatoms. The van der Waals surface area contributed by atoms with Crippen molar-refractivity contribution < 1.29 is 18.3 Å². The van der Waals surface area contributed by atoms with Crippen molar-refractivity contribution in [2.24, 2.45) is 0 Å². The summed E-state index contributed by atoms with van der Waals surface area (Å²) in [6, 6.07) is 2.60. The molecule has 0 aliphatic heterocycles. The van der Waals surface area contributed by atoms with Crippen LogP contribution in [0.5, 0.6) is 0 Å². The molecule has 0 spiro atoms. The van der Waals surface area contributed by atoms with Gasteiger partial charge in [0.1, 0.15) is 0 Å². The van der Waals surface area contributed by atoms with Crippen molar-refractivity contribution >= 4 is 21.7 Å². The molecule has 6 nitrogen and oxygen atoms in total. The Bertz CT molecular complexity index is 513. The normalized spacial score (nSPS) is 11.2. The Morgan fingerprint density at radius 3 is 2.71 bits per heavy atom. The van der Waals surface area contributed by atoms with Gasteiger partial charge in [-0.3, -0.25) is 9.29 Å². The van der Waals surface area contributed by atoms with Gasteiger partial charge >= 0.3 is 0 Å². The van der Waals surface area contributed by atoms with Crippen LogP contribution >= 0.6 is 0 Å². The Hall–Kier alpha value is -1.63. The van der Waals surface area contributed by atoms with Gasteiger partial charge < -0.3 is 9.90 Å². The number of hydrogen-bond acceptors (Lipinski definition) is 5. The zero-order chi connectivity index (χ0) is 13.1. The maximum absolute atomic E-state index is 11.8. The van der Waals surface area contributed by atoms with Crippen LogP contribution in [-0.4, -0.2) is 32.2 Å². The topological polar surface area (TPSA) is 90.4 Å². The molecule has 1 rings (SSSR count). The quantitative estimate of drug-likeness (QED) is 0.717. The van der Waals surface area contributed by atoms with Gasteiger partial charge in [0.2, 0.25) is 10.0 Å². The van der Waals surface area contributed by atoms with E-state index >= 15 is 0 Å². The highest BCUT2D eigenvalue weighted by atomic mass is 32.2. The molecule has 0 fully saturated rings. The summed E-state index contributed by atoms with van der Waals surface area (Å²) in [6.45, 7) is 1.75. The number of carboxylic acids is 1. The number of pyridine rings is 1. The first-order chi connectivity index (χ1) is 7.88. The summed E-state index contributed by atoms with van der Waals surface area (Å²) in [7, 11) is -2.04. The minimum absolute atomic E-state index is 0.00643. The summed E-state index contributed by atoms with van der Waals surface area (Å²) in [5, 5.41) is 10.6. The van der Waals surface area contributed by atoms with Crippen LogP contribution in [0.4, 0.5) is 5.69 Å². The third-order valence-corrected chi connectivity index (χ3v) is 4.17. The lowest BCUT2D eigenvalue weighted by Gasteiger charge is -2.19. The van der Waals surface area contributed by atoms with Crippen molar-refractivity contribution in [1.82, 2.24) is 4.98 Å². The monoisotopic (exact) mass is 257 g/mol. The minimum Gasteiger partial charge on any atom is -0.543 e. The Morgan fingerprint density at radius 2 is 2.18 bits per heavy atom. The fourth-order valence-electron chi connectivity index (χ4n) is 1.28. The number of rotatable bonds is 5. The summed E-state index contributed by atoms with van der Waals surface area (Å²) in [4.78, 5) is 14.2. The van der Waals surface area contributed by atoms with Crippen LogP contribution in [0.25, 0.3) is 0 Å². The largest absolute Gasteiger partial charge is 0.543 e. The van der Waals surface area contributed by atoms with E-state index in [1.165, 1.54) is 25.4 Å². The standard InChI is InChI=1S/C10H14N2O4S/c1-3-6-17(15,16)12(2)8-4-5-11-9(7-8)10(13)14/h4-5,7H,3,6H2,1-2H3,(H,13,14)/p-1. The lowest BCUT2D eigenvalue weighted by molar-refractivity contribution is -0.255. The first-order valence-corrected chi connectivity index (χ1v) is 6.63. The van der Waals surface area contributed by atoms with E-state index in [0.29, 0.717) is 6.42 Å². The van der Waals surface area contributed by atoms with Gasteiger partial charge in [0.05, 0.1) is 23.1 Å². The van der Waals surface area contributed by atoms with Crippen molar-refractivity contribution in [3.05, 3.63) is 24.0 Å². The van der Waals surface area contributed by atoms with Crippen LogP contribution in [0.2, 0.25) is 0 Å². The molecule has 0 aliphatic rings. The predicted molar refractivity (Wildman–Crippen MR) is 61.0 cm³/mol. The van der Waals surface area contributed by atoms with E-state index in [1.807, 2.05) is 0 Å².